The minimum absolute atomic E-state index is 0.0487. The molecule has 0 spiro atoms. The molecule has 1 saturated heterocycles. The first-order chi connectivity index (χ1) is 15.1. The molecule has 2 aromatic heterocycles. The fourth-order valence-electron chi connectivity index (χ4n) is 3.66. The third kappa shape index (κ3) is 4.50. The van der Waals surface area contributed by atoms with E-state index in [0.29, 0.717) is 44.2 Å². The number of hydrogen-bond donors (Lipinski definition) is 0. The number of carbonyl (C=O) groups is 1. The number of ether oxygens (including phenoxy) is 1. The molecule has 1 aliphatic heterocycles. The van der Waals surface area contributed by atoms with Crippen molar-refractivity contribution in [1.29, 1.82) is 0 Å². The Morgan fingerprint density at radius 2 is 1.81 bits per heavy atom. The lowest BCUT2D eigenvalue weighted by atomic mass is 10.0. The molecule has 0 atom stereocenters. The van der Waals surface area contributed by atoms with Crippen LogP contribution in [0.2, 0.25) is 0 Å². The molecular formula is C24H27N5O2. The van der Waals surface area contributed by atoms with Gasteiger partial charge >= 0.3 is 0 Å². The van der Waals surface area contributed by atoms with Gasteiger partial charge in [0.2, 0.25) is 5.88 Å². The van der Waals surface area contributed by atoms with E-state index in [1.54, 1.807) is 18.3 Å². The van der Waals surface area contributed by atoms with Gasteiger partial charge < -0.3 is 14.5 Å². The van der Waals surface area contributed by atoms with Gasteiger partial charge in [-0.1, -0.05) is 12.1 Å². The summed E-state index contributed by atoms with van der Waals surface area (Å²) in [6, 6.07) is 13.9. The summed E-state index contributed by atoms with van der Waals surface area (Å²) in [5, 5.41) is 8.87. The number of piperazine rings is 1. The Hall–Kier alpha value is -3.48. The van der Waals surface area contributed by atoms with Crippen molar-refractivity contribution in [3.8, 4) is 17.1 Å². The van der Waals surface area contributed by atoms with Gasteiger partial charge in [-0.25, -0.2) is 4.98 Å². The number of anilines is 1. The van der Waals surface area contributed by atoms with Gasteiger partial charge in [0, 0.05) is 37.9 Å². The average molecular weight is 418 g/mol. The summed E-state index contributed by atoms with van der Waals surface area (Å²) in [4.78, 5) is 21.1. The Kier molecular flexibility index (Phi) is 6.11. The predicted molar refractivity (Wildman–Crippen MR) is 120 cm³/mol. The smallest absolute Gasteiger partial charge is 0.259 e. The highest BCUT2D eigenvalue weighted by Gasteiger charge is 2.25. The van der Waals surface area contributed by atoms with Crippen molar-refractivity contribution in [3.63, 3.8) is 0 Å². The minimum atomic E-state index is -0.0487. The Balaban J connectivity index is 1.41. The molecule has 0 bridgehead atoms. The third-order valence-corrected chi connectivity index (χ3v) is 5.63. The number of benzene rings is 1. The molecule has 0 aliphatic carbocycles. The van der Waals surface area contributed by atoms with Crippen LogP contribution in [0.15, 0.2) is 48.7 Å². The van der Waals surface area contributed by atoms with Crippen LogP contribution in [-0.2, 0) is 0 Å². The van der Waals surface area contributed by atoms with E-state index in [4.69, 9.17) is 4.74 Å². The highest BCUT2D eigenvalue weighted by atomic mass is 16.5. The first-order valence-corrected chi connectivity index (χ1v) is 10.6. The topological polar surface area (TPSA) is 71.5 Å². The van der Waals surface area contributed by atoms with E-state index in [-0.39, 0.29) is 5.91 Å². The summed E-state index contributed by atoms with van der Waals surface area (Å²) in [6.07, 6.45) is 1.64. The summed E-state index contributed by atoms with van der Waals surface area (Å²) in [7, 11) is 0. The Labute approximate surface area is 182 Å². The van der Waals surface area contributed by atoms with Gasteiger partial charge in [0.05, 0.1) is 12.3 Å². The van der Waals surface area contributed by atoms with Gasteiger partial charge in [-0.15, -0.1) is 10.2 Å². The van der Waals surface area contributed by atoms with E-state index in [1.165, 1.54) is 11.1 Å². The number of amides is 1. The van der Waals surface area contributed by atoms with Crippen molar-refractivity contribution in [2.45, 2.75) is 20.8 Å². The van der Waals surface area contributed by atoms with Gasteiger partial charge in [0.25, 0.3) is 5.91 Å². The van der Waals surface area contributed by atoms with E-state index in [2.05, 4.69) is 52.1 Å². The molecule has 160 valence electrons. The number of hydrogen-bond acceptors (Lipinski definition) is 6. The number of aryl methyl sites for hydroxylation is 2. The van der Waals surface area contributed by atoms with E-state index < -0.39 is 0 Å². The quantitative estimate of drug-likeness (QED) is 0.633. The van der Waals surface area contributed by atoms with Crippen LogP contribution in [0.1, 0.15) is 28.4 Å². The predicted octanol–water partition coefficient (Wildman–Crippen LogP) is 3.52. The van der Waals surface area contributed by atoms with Gasteiger partial charge in [-0.3, -0.25) is 4.79 Å². The van der Waals surface area contributed by atoms with Crippen LogP contribution in [0, 0.1) is 13.8 Å². The summed E-state index contributed by atoms with van der Waals surface area (Å²) in [6.45, 7) is 9.19. The molecule has 0 radical (unpaired) electrons. The maximum atomic E-state index is 13.0. The van der Waals surface area contributed by atoms with Crippen LogP contribution in [0.25, 0.3) is 11.3 Å². The van der Waals surface area contributed by atoms with E-state index in [9.17, 15) is 4.79 Å². The lowest BCUT2D eigenvalue weighted by Crippen LogP contribution is -2.49. The standard InChI is InChI=1S/C24H27N5O2/c1-4-31-23-20(6-5-11-25-23)24(30)29-14-12-28(13-15-29)22-10-9-21(26-27-22)19-8-7-17(2)18(3)16-19/h5-11,16H,4,12-15H2,1-3H3. The number of nitrogens with zero attached hydrogens (tertiary/aromatic N) is 5. The fourth-order valence-corrected chi connectivity index (χ4v) is 3.66. The Morgan fingerprint density at radius 1 is 1.00 bits per heavy atom. The molecule has 0 saturated carbocycles. The van der Waals surface area contributed by atoms with Crippen LogP contribution >= 0.6 is 0 Å². The molecule has 0 N–H and O–H groups in total. The summed E-state index contributed by atoms with van der Waals surface area (Å²) < 4.78 is 5.51. The largest absolute Gasteiger partial charge is 0.477 e. The molecule has 1 aliphatic rings. The molecule has 0 unspecified atom stereocenters. The molecular weight excluding hydrogens is 390 g/mol. The van der Waals surface area contributed by atoms with E-state index in [1.807, 2.05) is 24.0 Å². The summed E-state index contributed by atoms with van der Waals surface area (Å²) in [5.74, 6) is 1.17. The number of aromatic nitrogens is 3. The van der Waals surface area contributed by atoms with Gasteiger partial charge in [0.15, 0.2) is 5.82 Å². The highest BCUT2D eigenvalue weighted by molar-refractivity contribution is 5.96. The van der Waals surface area contributed by atoms with Gasteiger partial charge in [-0.2, -0.15) is 0 Å². The number of rotatable bonds is 5. The van der Waals surface area contributed by atoms with Crippen LogP contribution in [-0.4, -0.2) is 58.8 Å². The van der Waals surface area contributed by atoms with Crippen LogP contribution in [0.3, 0.4) is 0 Å². The second-order valence-electron chi connectivity index (χ2n) is 7.64. The van der Waals surface area contributed by atoms with Gasteiger partial charge in [-0.05, 0) is 62.2 Å². The number of pyridine rings is 1. The molecule has 1 amide bonds. The van der Waals surface area contributed by atoms with E-state index >= 15 is 0 Å². The second-order valence-corrected chi connectivity index (χ2v) is 7.64. The van der Waals surface area contributed by atoms with Crippen molar-refractivity contribution in [1.82, 2.24) is 20.1 Å². The zero-order chi connectivity index (χ0) is 21.8. The lowest BCUT2D eigenvalue weighted by Gasteiger charge is -2.35. The van der Waals surface area contributed by atoms with Crippen LogP contribution in [0.4, 0.5) is 5.82 Å². The molecule has 31 heavy (non-hydrogen) atoms. The maximum absolute atomic E-state index is 13.0. The van der Waals surface area contributed by atoms with E-state index in [0.717, 1.165) is 17.1 Å². The maximum Gasteiger partial charge on any atom is 0.259 e. The number of carbonyl (C=O) groups excluding carboxylic acids is 1. The summed E-state index contributed by atoms with van der Waals surface area (Å²) >= 11 is 0. The van der Waals surface area contributed by atoms with Crippen molar-refractivity contribution < 1.29 is 9.53 Å². The van der Waals surface area contributed by atoms with Crippen molar-refractivity contribution in [3.05, 3.63) is 65.4 Å². The Morgan fingerprint density at radius 3 is 2.48 bits per heavy atom. The average Bonchev–Trinajstić information content (AvgIpc) is 2.81. The first kappa shape index (κ1) is 20.8. The molecule has 1 fully saturated rings. The molecule has 7 heteroatoms. The molecule has 4 rings (SSSR count). The molecule has 1 aromatic carbocycles. The second kappa shape index (κ2) is 9.12. The van der Waals surface area contributed by atoms with Crippen molar-refractivity contribution in [2.75, 3.05) is 37.7 Å². The van der Waals surface area contributed by atoms with Crippen molar-refractivity contribution in [2.24, 2.45) is 0 Å². The normalized spacial score (nSPS) is 13.9. The zero-order valence-electron chi connectivity index (χ0n) is 18.2. The minimum Gasteiger partial charge on any atom is -0.477 e. The van der Waals surface area contributed by atoms with Crippen LogP contribution < -0.4 is 9.64 Å². The van der Waals surface area contributed by atoms with Crippen LogP contribution in [0.5, 0.6) is 5.88 Å². The molecule has 3 heterocycles. The first-order valence-electron chi connectivity index (χ1n) is 10.6. The Bertz CT molecular complexity index is 1060. The third-order valence-electron chi connectivity index (χ3n) is 5.63. The molecule has 3 aromatic rings. The zero-order valence-corrected chi connectivity index (χ0v) is 18.2. The van der Waals surface area contributed by atoms with Crippen molar-refractivity contribution >= 4 is 11.7 Å². The SMILES string of the molecule is CCOc1ncccc1C(=O)N1CCN(c2ccc(-c3ccc(C)c(C)c3)nn2)CC1. The molecule has 7 nitrogen and oxygen atoms in total. The van der Waals surface area contributed by atoms with Gasteiger partial charge in [0.1, 0.15) is 5.56 Å². The fraction of sp³-hybridized carbons (Fsp3) is 0.333. The highest BCUT2D eigenvalue weighted by Crippen LogP contribution is 2.23. The summed E-state index contributed by atoms with van der Waals surface area (Å²) in [5.41, 5.74) is 4.95. The monoisotopic (exact) mass is 417 g/mol. The lowest BCUT2D eigenvalue weighted by molar-refractivity contribution is 0.0741.